The minimum atomic E-state index is 0.0215. The first kappa shape index (κ1) is 20.6. The Morgan fingerprint density at radius 3 is 2.41 bits per heavy atom. The van der Waals surface area contributed by atoms with Crippen LogP contribution in [0.25, 0.3) is 5.57 Å². The molecule has 27 heavy (non-hydrogen) atoms. The summed E-state index contributed by atoms with van der Waals surface area (Å²) < 4.78 is 6.83. The van der Waals surface area contributed by atoms with Gasteiger partial charge in [0.25, 0.3) is 0 Å². The van der Waals surface area contributed by atoms with Crippen LogP contribution in [0.15, 0.2) is 35.9 Å². The highest BCUT2D eigenvalue weighted by molar-refractivity contribution is 5.78. The van der Waals surface area contributed by atoms with E-state index in [9.17, 15) is 0 Å². The minimum Gasteiger partial charge on any atom is -0.370 e. The maximum Gasteiger partial charge on any atom is 0.0967 e. The SMILES string of the molecule is CCCCCCO[C@@]12CCC[C@@H]1CC(CCCCCC)=C2c1ccccc1. The third-order valence-electron chi connectivity index (χ3n) is 6.78. The van der Waals surface area contributed by atoms with Gasteiger partial charge in [-0.2, -0.15) is 0 Å². The summed E-state index contributed by atoms with van der Waals surface area (Å²) in [4.78, 5) is 0. The molecule has 0 amide bonds. The molecule has 0 unspecified atom stereocenters. The summed E-state index contributed by atoms with van der Waals surface area (Å²) in [5.41, 5.74) is 4.77. The van der Waals surface area contributed by atoms with Crippen molar-refractivity contribution in [2.45, 2.75) is 103 Å². The highest BCUT2D eigenvalue weighted by Crippen LogP contribution is 2.57. The average Bonchev–Trinajstić information content (AvgIpc) is 3.21. The van der Waals surface area contributed by atoms with Gasteiger partial charge in [0.05, 0.1) is 5.60 Å². The second-order valence-electron chi connectivity index (χ2n) is 8.75. The molecular weight excluding hydrogens is 328 g/mol. The molecule has 2 aliphatic rings. The maximum atomic E-state index is 6.83. The summed E-state index contributed by atoms with van der Waals surface area (Å²) in [7, 11) is 0. The molecule has 150 valence electrons. The highest BCUT2D eigenvalue weighted by atomic mass is 16.5. The normalized spacial score (nSPS) is 24.6. The molecule has 3 rings (SSSR count). The van der Waals surface area contributed by atoms with Gasteiger partial charge in [0.2, 0.25) is 0 Å². The first-order chi connectivity index (χ1) is 13.3. The lowest BCUT2D eigenvalue weighted by molar-refractivity contribution is -0.0221. The van der Waals surface area contributed by atoms with Crippen LogP contribution < -0.4 is 0 Å². The first-order valence-corrected chi connectivity index (χ1v) is 11.7. The maximum absolute atomic E-state index is 6.83. The molecular formula is C26H40O. The molecule has 0 bridgehead atoms. The number of allylic oxidation sites excluding steroid dienone is 1. The number of benzene rings is 1. The summed E-state index contributed by atoms with van der Waals surface area (Å²) in [6.45, 7) is 5.52. The molecule has 1 aromatic carbocycles. The van der Waals surface area contributed by atoms with Crippen LogP contribution in [0.1, 0.15) is 103 Å². The van der Waals surface area contributed by atoms with Gasteiger partial charge in [-0.25, -0.2) is 0 Å². The van der Waals surface area contributed by atoms with Gasteiger partial charge in [0.15, 0.2) is 0 Å². The van der Waals surface area contributed by atoms with Gasteiger partial charge in [-0.05, 0) is 62.0 Å². The van der Waals surface area contributed by atoms with Crippen LogP contribution in [0.4, 0.5) is 0 Å². The average molecular weight is 369 g/mol. The van der Waals surface area contributed by atoms with E-state index in [0.29, 0.717) is 0 Å². The minimum absolute atomic E-state index is 0.0215. The van der Waals surface area contributed by atoms with Crippen LogP contribution in [-0.2, 0) is 4.74 Å². The second kappa shape index (κ2) is 10.5. The fourth-order valence-corrected chi connectivity index (χ4v) is 5.43. The first-order valence-electron chi connectivity index (χ1n) is 11.7. The van der Waals surface area contributed by atoms with Crippen molar-refractivity contribution in [2.75, 3.05) is 6.61 Å². The molecule has 1 heteroatoms. The van der Waals surface area contributed by atoms with E-state index in [-0.39, 0.29) is 5.60 Å². The van der Waals surface area contributed by atoms with Gasteiger partial charge >= 0.3 is 0 Å². The van der Waals surface area contributed by atoms with Gasteiger partial charge in [0.1, 0.15) is 0 Å². The Kier molecular flexibility index (Phi) is 8.00. The van der Waals surface area contributed by atoms with Gasteiger partial charge in [-0.15, -0.1) is 0 Å². The summed E-state index contributed by atoms with van der Waals surface area (Å²) in [5.74, 6) is 0.722. The molecule has 0 heterocycles. The van der Waals surface area contributed by atoms with E-state index in [0.717, 1.165) is 12.5 Å². The Hall–Kier alpha value is -1.08. The third kappa shape index (κ3) is 4.86. The molecule has 2 atom stereocenters. The van der Waals surface area contributed by atoms with Crippen molar-refractivity contribution in [3.63, 3.8) is 0 Å². The molecule has 0 aliphatic heterocycles. The van der Waals surface area contributed by atoms with Crippen LogP contribution in [0, 0.1) is 5.92 Å². The van der Waals surface area contributed by atoms with E-state index in [1.807, 2.05) is 0 Å². The molecule has 0 aromatic heterocycles. The van der Waals surface area contributed by atoms with E-state index in [1.54, 1.807) is 11.1 Å². The summed E-state index contributed by atoms with van der Waals surface area (Å²) >= 11 is 0. The zero-order valence-corrected chi connectivity index (χ0v) is 17.8. The predicted octanol–water partition coefficient (Wildman–Crippen LogP) is 7.95. The molecule has 0 N–H and O–H groups in total. The van der Waals surface area contributed by atoms with E-state index in [4.69, 9.17) is 4.74 Å². The van der Waals surface area contributed by atoms with E-state index >= 15 is 0 Å². The highest BCUT2D eigenvalue weighted by Gasteiger charge is 2.52. The van der Waals surface area contributed by atoms with Gasteiger partial charge in [-0.3, -0.25) is 0 Å². The van der Waals surface area contributed by atoms with Gasteiger partial charge < -0.3 is 4.74 Å². The van der Waals surface area contributed by atoms with Crippen LogP contribution in [0.5, 0.6) is 0 Å². The third-order valence-corrected chi connectivity index (χ3v) is 6.78. The fourth-order valence-electron chi connectivity index (χ4n) is 5.43. The molecule has 1 nitrogen and oxygen atoms in total. The Balaban J connectivity index is 1.80. The number of unbranched alkanes of at least 4 members (excludes halogenated alkanes) is 6. The number of ether oxygens (including phenoxy) is 1. The van der Waals surface area contributed by atoms with Crippen LogP contribution in [0.3, 0.4) is 0 Å². The number of hydrogen-bond donors (Lipinski definition) is 0. The van der Waals surface area contributed by atoms with Crippen LogP contribution >= 0.6 is 0 Å². The van der Waals surface area contributed by atoms with Gasteiger partial charge in [-0.1, -0.05) is 88.3 Å². The van der Waals surface area contributed by atoms with Crippen molar-refractivity contribution in [3.8, 4) is 0 Å². The zero-order chi connectivity index (χ0) is 19.0. The Bertz CT molecular complexity index is 587. The summed E-state index contributed by atoms with van der Waals surface area (Å²) in [6, 6.07) is 11.2. The molecule has 1 aromatic rings. The second-order valence-corrected chi connectivity index (χ2v) is 8.75. The lowest BCUT2D eigenvalue weighted by atomic mass is 9.84. The van der Waals surface area contributed by atoms with Crippen molar-refractivity contribution in [3.05, 3.63) is 41.5 Å². The Labute approximate surface area is 167 Å². The van der Waals surface area contributed by atoms with Crippen molar-refractivity contribution in [2.24, 2.45) is 5.92 Å². The lowest BCUT2D eigenvalue weighted by Gasteiger charge is -2.34. The molecule has 1 fully saturated rings. The van der Waals surface area contributed by atoms with Crippen LogP contribution in [0.2, 0.25) is 0 Å². The molecule has 1 saturated carbocycles. The fraction of sp³-hybridized carbons (Fsp3) is 0.692. The van der Waals surface area contributed by atoms with E-state index in [1.165, 1.54) is 89.0 Å². The summed E-state index contributed by atoms with van der Waals surface area (Å²) in [5, 5.41) is 0. The predicted molar refractivity (Wildman–Crippen MR) is 117 cm³/mol. The lowest BCUT2D eigenvalue weighted by Crippen LogP contribution is -2.35. The molecule has 0 spiro atoms. The van der Waals surface area contributed by atoms with Crippen molar-refractivity contribution in [1.82, 2.24) is 0 Å². The quantitative estimate of drug-likeness (QED) is 0.340. The molecule has 2 aliphatic carbocycles. The summed E-state index contributed by atoms with van der Waals surface area (Å²) in [6.07, 6.45) is 17.0. The van der Waals surface area contributed by atoms with Crippen molar-refractivity contribution < 1.29 is 4.74 Å². The molecule has 0 radical (unpaired) electrons. The van der Waals surface area contributed by atoms with Crippen molar-refractivity contribution in [1.29, 1.82) is 0 Å². The zero-order valence-electron chi connectivity index (χ0n) is 17.8. The number of rotatable bonds is 12. The number of hydrogen-bond acceptors (Lipinski definition) is 1. The smallest absolute Gasteiger partial charge is 0.0967 e. The van der Waals surface area contributed by atoms with Gasteiger partial charge in [0, 0.05) is 6.61 Å². The Morgan fingerprint density at radius 2 is 1.67 bits per heavy atom. The van der Waals surface area contributed by atoms with E-state index < -0.39 is 0 Å². The molecule has 0 saturated heterocycles. The topological polar surface area (TPSA) is 9.23 Å². The van der Waals surface area contributed by atoms with E-state index in [2.05, 4.69) is 44.2 Å². The largest absolute Gasteiger partial charge is 0.370 e. The monoisotopic (exact) mass is 368 g/mol. The number of fused-ring (bicyclic) bond motifs is 1. The standard InChI is InChI=1S/C26H40O/c1-3-5-7-10-17-23-21-24-18-14-19-26(24,27-20-13-8-6-4-2)25(23)22-15-11-9-12-16-22/h9,11-12,15-16,24H,3-8,10,13-14,17-21H2,1-2H3/t24-,26+/m1/s1. The van der Waals surface area contributed by atoms with Crippen LogP contribution in [-0.4, -0.2) is 12.2 Å². The Morgan fingerprint density at radius 1 is 0.926 bits per heavy atom. The van der Waals surface area contributed by atoms with Crippen molar-refractivity contribution >= 4 is 5.57 Å².